The van der Waals surface area contributed by atoms with Gasteiger partial charge in [-0.3, -0.25) is 0 Å². The molecular formula is C98H70N8. The number of aromatic nitrogens is 6. The summed E-state index contributed by atoms with van der Waals surface area (Å²) in [5, 5.41) is 19.8. The first-order valence-corrected chi connectivity index (χ1v) is 37.1. The lowest BCUT2D eigenvalue weighted by atomic mass is 9.67. The van der Waals surface area contributed by atoms with Crippen molar-refractivity contribution in [2.24, 2.45) is 0 Å². The van der Waals surface area contributed by atoms with Gasteiger partial charge in [0.2, 0.25) is 0 Å². The van der Waals surface area contributed by atoms with Crippen LogP contribution in [0, 0.1) is 22.7 Å². The van der Waals surface area contributed by atoms with Gasteiger partial charge >= 0.3 is 0 Å². The van der Waals surface area contributed by atoms with Crippen LogP contribution < -0.4 is 0 Å². The van der Waals surface area contributed by atoms with Gasteiger partial charge in [-0.15, -0.1) is 0 Å². The van der Waals surface area contributed by atoms with E-state index in [9.17, 15) is 10.5 Å². The molecule has 8 nitrogen and oxygen atoms in total. The Morgan fingerprint density at radius 2 is 0.434 bits per heavy atom. The Kier molecular flexibility index (Phi) is 16.0. The molecule has 106 heavy (non-hydrogen) atoms. The summed E-state index contributed by atoms with van der Waals surface area (Å²) < 4.78 is 0. The van der Waals surface area contributed by atoms with Gasteiger partial charge in [-0.25, -0.2) is 29.9 Å². The van der Waals surface area contributed by atoms with Crippen LogP contribution >= 0.6 is 0 Å². The zero-order valence-electron chi connectivity index (χ0n) is 58.5. The highest BCUT2D eigenvalue weighted by Gasteiger charge is 2.45. The lowest BCUT2D eigenvalue weighted by Gasteiger charge is -2.36. The molecule has 0 bridgehead atoms. The molecule has 0 saturated heterocycles. The molecule has 2 spiro atoms. The molecule has 19 rings (SSSR count). The van der Waals surface area contributed by atoms with E-state index in [4.69, 9.17) is 29.9 Å². The normalized spacial score (nSPS) is 14.2. The summed E-state index contributed by atoms with van der Waals surface area (Å²) in [4.78, 5) is 31.3. The quantitative estimate of drug-likeness (QED) is 0.118. The Hall–Kier alpha value is -13.1. The third kappa shape index (κ3) is 11.5. The number of benzene rings is 13. The maximum atomic E-state index is 9.95. The van der Waals surface area contributed by atoms with E-state index < -0.39 is 0 Å². The first-order chi connectivity index (χ1) is 52.3. The third-order valence-electron chi connectivity index (χ3n) is 23.0. The van der Waals surface area contributed by atoms with E-state index >= 15 is 0 Å². The number of rotatable bonds is 12. The van der Waals surface area contributed by atoms with E-state index in [-0.39, 0.29) is 10.8 Å². The average Bonchev–Trinajstić information content (AvgIpc) is 1.56. The lowest BCUT2D eigenvalue weighted by Crippen LogP contribution is -2.28. The van der Waals surface area contributed by atoms with Gasteiger partial charge in [0, 0.05) is 44.2 Å². The number of nitriles is 2. The van der Waals surface area contributed by atoms with E-state index in [1.165, 1.54) is 88.6 Å². The predicted molar refractivity (Wildman–Crippen MR) is 426 cm³/mol. The summed E-state index contributed by atoms with van der Waals surface area (Å²) in [6, 6.07) is 112. The van der Waals surface area contributed by atoms with Crippen LogP contribution in [-0.4, -0.2) is 29.9 Å². The molecule has 0 amide bonds. The van der Waals surface area contributed by atoms with E-state index in [2.05, 4.69) is 291 Å². The van der Waals surface area contributed by atoms with E-state index in [0.717, 1.165) is 120 Å². The Labute approximate surface area is 617 Å². The average molecular weight is 1360 g/mol. The first-order valence-electron chi connectivity index (χ1n) is 37.1. The molecule has 15 aromatic rings. The predicted octanol–water partition coefficient (Wildman–Crippen LogP) is 24.3. The van der Waals surface area contributed by atoms with Crippen molar-refractivity contribution in [2.45, 2.75) is 75.0 Å². The molecule has 4 aliphatic carbocycles. The van der Waals surface area contributed by atoms with Gasteiger partial charge in [-0.05, 0) is 173 Å². The van der Waals surface area contributed by atoms with Crippen molar-refractivity contribution in [1.82, 2.24) is 29.9 Å². The van der Waals surface area contributed by atoms with Crippen LogP contribution in [0.2, 0.25) is 0 Å². The minimum atomic E-state index is -0.103. The molecule has 502 valence electrons. The molecule has 4 aliphatic rings. The first kappa shape index (κ1) is 63.8. The van der Waals surface area contributed by atoms with Crippen molar-refractivity contribution in [1.29, 1.82) is 10.5 Å². The minimum Gasteiger partial charge on any atom is -0.208 e. The summed E-state index contributed by atoms with van der Waals surface area (Å²) in [6.07, 6.45) is 11.6. The lowest BCUT2D eigenvalue weighted by molar-refractivity contribution is 0.353. The van der Waals surface area contributed by atoms with Crippen LogP contribution in [0.25, 0.3) is 157 Å². The Morgan fingerprint density at radius 1 is 0.198 bits per heavy atom. The third-order valence-corrected chi connectivity index (χ3v) is 23.0. The van der Waals surface area contributed by atoms with Gasteiger partial charge in [0.05, 0.1) is 23.3 Å². The highest BCUT2D eigenvalue weighted by molar-refractivity contribution is 5.88. The van der Waals surface area contributed by atoms with Crippen molar-refractivity contribution >= 4 is 0 Å². The molecule has 8 heteroatoms. The zero-order chi connectivity index (χ0) is 70.7. The van der Waals surface area contributed by atoms with E-state index in [1.807, 2.05) is 24.3 Å². The summed E-state index contributed by atoms with van der Waals surface area (Å²) >= 11 is 0. The molecule has 2 fully saturated rings. The largest absolute Gasteiger partial charge is 0.208 e. The fourth-order valence-corrected chi connectivity index (χ4v) is 17.4. The number of hydrogen-bond acceptors (Lipinski definition) is 8. The van der Waals surface area contributed by atoms with Crippen molar-refractivity contribution in [3.8, 4) is 169 Å². The highest BCUT2D eigenvalue weighted by Crippen LogP contribution is 2.58. The van der Waals surface area contributed by atoms with Crippen LogP contribution in [0.4, 0.5) is 0 Å². The summed E-state index contributed by atoms with van der Waals surface area (Å²) in [5.74, 6) is 3.67. The minimum absolute atomic E-state index is 0.0215. The molecule has 2 aromatic heterocycles. The molecule has 0 aliphatic heterocycles. The van der Waals surface area contributed by atoms with Gasteiger partial charge < -0.3 is 0 Å². The van der Waals surface area contributed by atoms with Gasteiger partial charge in [0.1, 0.15) is 0 Å². The number of hydrogen-bond donors (Lipinski definition) is 0. The SMILES string of the molecule is N#Cc1ccc2c(c1)-c1ccc(-c3ccc(-c4nc(-c5ccc(-c6ccccc6)cc5)nc(-c5ccc(-c6ccc(-c7ccc(-c8ccc(-c9nc(-c%10ccc(-c%11ccccc%11)cc%10)nc(-c%10ccc%11c(c%10)C%10(CCCCC%10)c%10ccc(C#N)cc%10-%11)n9)cc8)cc7)cc6)cc5)n4)cc3)cc1C21CCCCC1. The molecule has 2 heterocycles. The Morgan fingerprint density at radius 3 is 0.726 bits per heavy atom. The monoisotopic (exact) mass is 1360 g/mol. The van der Waals surface area contributed by atoms with Crippen LogP contribution in [0.5, 0.6) is 0 Å². The van der Waals surface area contributed by atoms with Gasteiger partial charge in [-0.2, -0.15) is 10.5 Å². The van der Waals surface area contributed by atoms with Gasteiger partial charge in [0.25, 0.3) is 0 Å². The van der Waals surface area contributed by atoms with Crippen molar-refractivity contribution in [3.63, 3.8) is 0 Å². The summed E-state index contributed by atoms with van der Waals surface area (Å²) in [7, 11) is 0. The topological polar surface area (TPSA) is 125 Å². The number of fused-ring (bicyclic) bond motifs is 10. The van der Waals surface area contributed by atoms with E-state index in [1.54, 1.807) is 0 Å². The van der Waals surface area contributed by atoms with Crippen LogP contribution in [-0.2, 0) is 10.8 Å². The molecule has 0 N–H and O–H groups in total. The summed E-state index contributed by atoms with van der Waals surface area (Å²) in [6.45, 7) is 0. The standard InChI is InChI=1S/C98H70N8/c99-61-63-17-51-87-85(57-63)83-49-47-81(59-89(83)97(87)53-9-3-10-54-97)75-35-45-80(46-36-75)93-102-91(76-37-27-67(28-38-76)65-13-5-1-6-14-65)101-92(103-93)77-41-31-73(32-42-77)71-23-19-69(20-24-71)70-21-25-72(26-22-70)74-33-43-79(44-34-74)95-104-94(78-39-29-68(30-40-78)66-15-7-2-8-16-66)105-96(106-95)82-48-50-84-86-58-64(62-100)18-52-88(86)98(90(84)60-82)55-11-4-12-56-98/h1-2,5-8,13-52,57-60H,3-4,9-12,53-56H2. The Balaban J connectivity index is 0.580. The van der Waals surface area contributed by atoms with Crippen LogP contribution in [0.15, 0.2) is 303 Å². The molecule has 13 aromatic carbocycles. The van der Waals surface area contributed by atoms with Crippen molar-refractivity contribution in [2.75, 3.05) is 0 Å². The second-order valence-corrected chi connectivity index (χ2v) is 28.9. The van der Waals surface area contributed by atoms with Crippen molar-refractivity contribution < 1.29 is 0 Å². The van der Waals surface area contributed by atoms with E-state index in [0.29, 0.717) is 46.1 Å². The summed E-state index contributed by atoms with van der Waals surface area (Å²) in [5.41, 5.74) is 30.6. The fraction of sp³-hybridized carbons (Fsp3) is 0.122. The number of nitrogens with zero attached hydrogens (tertiary/aromatic N) is 8. The molecule has 0 atom stereocenters. The van der Waals surface area contributed by atoms with Crippen molar-refractivity contribution in [3.05, 3.63) is 337 Å². The second-order valence-electron chi connectivity index (χ2n) is 28.9. The molecule has 0 unspecified atom stereocenters. The van der Waals surface area contributed by atoms with Crippen LogP contribution in [0.3, 0.4) is 0 Å². The second kappa shape index (κ2) is 26.6. The zero-order valence-corrected chi connectivity index (χ0v) is 58.5. The fourth-order valence-electron chi connectivity index (χ4n) is 17.4. The highest BCUT2D eigenvalue weighted by atomic mass is 15.0. The maximum absolute atomic E-state index is 9.95. The van der Waals surface area contributed by atoms with Gasteiger partial charge in [-0.1, -0.05) is 305 Å². The smallest absolute Gasteiger partial charge is 0.164 e. The molecule has 2 saturated carbocycles. The molecular weight excluding hydrogens is 1290 g/mol. The maximum Gasteiger partial charge on any atom is 0.164 e. The Bertz CT molecular complexity index is 5970. The molecule has 0 radical (unpaired) electrons. The van der Waals surface area contributed by atoms with Crippen LogP contribution in [0.1, 0.15) is 97.6 Å². The van der Waals surface area contributed by atoms with Gasteiger partial charge in [0.15, 0.2) is 34.9 Å².